The van der Waals surface area contributed by atoms with Crippen LogP contribution in [0.1, 0.15) is 11.3 Å². The zero-order valence-corrected chi connectivity index (χ0v) is 9.28. The molecule has 0 spiro atoms. The first-order valence-corrected chi connectivity index (χ1v) is 4.98. The second kappa shape index (κ2) is 3.95. The fourth-order valence-corrected chi connectivity index (χ4v) is 1.30. The Kier molecular flexibility index (Phi) is 2.64. The number of nitrogens with zero attached hydrogens (tertiary/aromatic N) is 3. The van der Waals surface area contributed by atoms with Crippen molar-refractivity contribution in [1.82, 2.24) is 15.2 Å². The van der Waals surface area contributed by atoms with E-state index in [1.54, 1.807) is 6.92 Å². The maximum absolute atomic E-state index is 5.88. The zero-order chi connectivity index (χ0) is 10.8. The van der Waals surface area contributed by atoms with Gasteiger partial charge in [-0.3, -0.25) is 0 Å². The summed E-state index contributed by atoms with van der Waals surface area (Å²) in [6, 6.07) is 7.93. The molecule has 0 radical (unpaired) electrons. The number of hydrogen-bond acceptors (Lipinski definition) is 3. The smallest absolute Gasteiger partial charge is 0.183 e. The Labute approximate surface area is 93.1 Å². The van der Waals surface area contributed by atoms with Gasteiger partial charge in [0.1, 0.15) is 0 Å². The summed E-state index contributed by atoms with van der Waals surface area (Å²) in [7, 11) is 0. The standard InChI is InChI=1S/C11H10ClN3/c1-7-3-5-9(6-4-7)11-13-10(12)8(2)14-15-11/h3-6H,1-2H3. The Morgan fingerprint density at radius 2 is 1.67 bits per heavy atom. The SMILES string of the molecule is Cc1ccc(-c2nnc(C)c(Cl)n2)cc1. The van der Waals surface area contributed by atoms with Gasteiger partial charge in [-0.05, 0) is 13.8 Å². The van der Waals surface area contributed by atoms with Gasteiger partial charge in [0, 0.05) is 5.56 Å². The topological polar surface area (TPSA) is 38.7 Å². The van der Waals surface area contributed by atoms with E-state index in [9.17, 15) is 0 Å². The average molecular weight is 220 g/mol. The van der Waals surface area contributed by atoms with Crippen molar-refractivity contribution in [2.24, 2.45) is 0 Å². The summed E-state index contributed by atoms with van der Waals surface area (Å²) in [5.74, 6) is 0.561. The largest absolute Gasteiger partial charge is 0.213 e. The van der Waals surface area contributed by atoms with Gasteiger partial charge < -0.3 is 0 Å². The van der Waals surface area contributed by atoms with Crippen LogP contribution in [0, 0.1) is 13.8 Å². The molecule has 0 saturated carbocycles. The van der Waals surface area contributed by atoms with Gasteiger partial charge in [0.05, 0.1) is 5.69 Å². The molecule has 0 bridgehead atoms. The maximum atomic E-state index is 5.88. The summed E-state index contributed by atoms with van der Waals surface area (Å²) in [5.41, 5.74) is 2.77. The third-order valence-corrected chi connectivity index (χ3v) is 2.47. The van der Waals surface area contributed by atoms with Crippen molar-refractivity contribution in [3.05, 3.63) is 40.7 Å². The Balaban J connectivity index is 2.45. The molecule has 0 aliphatic carbocycles. The maximum Gasteiger partial charge on any atom is 0.183 e. The highest BCUT2D eigenvalue weighted by molar-refractivity contribution is 6.30. The molecule has 0 N–H and O–H groups in total. The molecule has 0 atom stereocenters. The van der Waals surface area contributed by atoms with E-state index >= 15 is 0 Å². The van der Waals surface area contributed by atoms with Gasteiger partial charge in [0.15, 0.2) is 11.0 Å². The first kappa shape index (κ1) is 10.1. The predicted molar refractivity (Wildman–Crippen MR) is 59.7 cm³/mol. The summed E-state index contributed by atoms with van der Waals surface area (Å²) in [6.45, 7) is 3.81. The van der Waals surface area contributed by atoms with Crippen LogP contribution in [-0.2, 0) is 0 Å². The Bertz CT molecular complexity index is 480. The third kappa shape index (κ3) is 2.13. The molecule has 1 aromatic carbocycles. The van der Waals surface area contributed by atoms with Crippen LogP contribution in [0.15, 0.2) is 24.3 Å². The fraction of sp³-hybridized carbons (Fsp3) is 0.182. The van der Waals surface area contributed by atoms with Gasteiger partial charge in [0.2, 0.25) is 0 Å². The molecule has 3 nitrogen and oxygen atoms in total. The van der Waals surface area contributed by atoms with Crippen LogP contribution in [0.25, 0.3) is 11.4 Å². The van der Waals surface area contributed by atoms with Gasteiger partial charge in [0.25, 0.3) is 0 Å². The van der Waals surface area contributed by atoms with Crippen LogP contribution < -0.4 is 0 Å². The number of aryl methyl sites for hydroxylation is 2. The predicted octanol–water partition coefficient (Wildman–Crippen LogP) is 2.81. The molecule has 1 heterocycles. The lowest BCUT2D eigenvalue weighted by Gasteiger charge is -2.01. The van der Waals surface area contributed by atoms with Crippen LogP contribution in [0.2, 0.25) is 5.15 Å². The van der Waals surface area contributed by atoms with Gasteiger partial charge in [-0.15, -0.1) is 5.10 Å². The van der Waals surface area contributed by atoms with E-state index in [1.165, 1.54) is 5.56 Å². The summed E-state index contributed by atoms with van der Waals surface area (Å²) in [6.07, 6.45) is 0. The molecular weight excluding hydrogens is 210 g/mol. The van der Waals surface area contributed by atoms with E-state index in [-0.39, 0.29) is 0 Å². The molecule has 0 unspecified atom stereocenters. The zero-order valence-electron chi connectivity index (χ0n) is 8.53. The highest BCUT2D eigenvalue weighted by Crippen LogP contribution is 2.17. The number of hydrogen-bond donors (Lipinski definition) is 0. The first-order chi connectivity index (χ1) is 7.16. The van der Waals surface area contributed by atoms with Gasteiger partial charge in [-0.25, -0.2) is 4.98 Å². The number of rotatable bonds is 1. The van der Waals surface area contributed by atoms with Crippen molar-refractivity contribution in [2.75, 3.05) is 0 Å². The monoisotopic (exact) mass is 219 g/mol. The van der Waals surface area contributed by atoms with Crippen molar-refractivity contribution in [1.29, 1.82) is 0 Å². The van der Waals surface area contributed by atoms with Crippen molar-refractivity contribution >= 4 is 11.6 Å². The van der Waals surface area contributed by atoms with Crippen LogP contribution in [-0.4, -0.2) is 15.2 Å². The van der Waals surface area contributed by atoms with Crippen LogP contribution in [0.5, 0.6) is 0 Å². The molecule has 2 aromatic rings. The van der Waals surface area contributed by atoms with E-state index in [1.807, 2.05) is 31.2 Å². The van der Waals surface area contributed by atoms with Gasteiger partial charge in [-0.2, -0.15) is 5.10 Å². The lowest BCUT2D eigenvalue weighted by molar-refractivity contribution is 0.935. The lowest BCUT2D eigenvalue weighted by Crippen LogP contribution is -1.96. The van der Waals surface area contributed by atoms with Crippen molar-refractivity contribution in [2.45, 2.75) is 13.8 Å². The summed E-state index contributed by atoms with van der Waals surface area (Å²) in [5, 5.41) is 8.33. The summed E-state index contributed by atoms with van der Waals surface area (Å²) in [4.78, 5) is 4.16. The van der Waals surface area contributed by atoms with Crippen molar-refractivity contribution < 1.29 is 0 Å². The fourth-order valence-electron chi connectivity index (χ4n) is 1.18. The summed E-state index contributed by atoms with van der Waals surface area (Å²) < 4.78 is 0. The quantitative estimate of drug-likeness (QED) is 0.740. The molecule has 0 saturated heterocycles. The molecule has 2 rings (SSSR count). The van der Waals surface area contributed by atoms with Gasteiger partial charge in [-0.1, -0.05) is 41.4 Å². The van der Waals surface area contributed by atoms with E-state index in [2.05, 4.69) is 15.2 Å². The number of halogens is 1. The van der Waals surface area contributed by atoms with Crippen LogP contribution in [0.3, 0.4) is 0 Å². The van der Waals surface area contributed by atoms with E-state index in [0.717, 1.165) is 5.56 Å². The third-order valence-electron chi connectivity index (χ3n) is 2.11. The Morgan fingerprint density at radius 1 is 1.00 bits per heavy atom. The Hall–Kier alpha value is -1.48. The summed E-state index contributed by atoms with van der Waals surface area (Å²) >= 11 is 5.88. The van der Waals surface area contributed by atoms with E-state index < -0.39 is 0 Å². The van der Waals surface area contributed by atoms with E-state index in [0.29, 0.717) is 16.7 Å². The highest BCUT2D eigenvalue weighted by atomic mass is 35.5. The molecule has 0 aliphatic heterocycles. The van der Waals surface area contributed by atoms with E-state index in [4.69, 9.17) is 11.6 Å². The second-order valence-electron chi connectivity index (χ2n) is 3.38. The van der Waals surface area contributed by atoms with Gasteiger partial charge >= 0.3 is 0 Å². The Morgan fingerprint density at radius 3 is 2.27 bits per heavy atom. The molecular formula is C11H10ClN3. The average Bonchev–Trinajstić information content (AvgIpc) is 2.23. The normalized spacial score (nSPS) is 10.3. The minimum absolute atomic E-state index is 0.403. The molecule has 0 amide bonds. The minimum Gasteiger partial charge on any atom is -0.213 e. The molecule has 4 heteroatoms. The number of aromatic nitrogens is 3. The minimum atomic E-state index is 0.403. The molecule has 15 heavy (non-hydrogen) atoms. The first-order valence-electron chi connectivity index (χ1n) is 4.60. The van der Waals surface area contributed by atoms with Crippen molar-refractivity contribution in [3.8, 4) is 11.4 Å². The molecule has 0 fully saturated rings. The molecule has 0 aliphatic rings. The highest BCUT2D eigenvalue weighted by Gasteiger charge is 2.04. The van der Waals surface area contributed by atoms with Crippen LogP contribution in [0.4, 0.5) is 0 Å². The number of benzene rings is 1. The molecule has 1 aromatic heterocycles. The second-order valence-corrected chi connectivity index (χ2v) is 3.74. The lowest BCUT2D eigenvalue weighted by atomic mass is 10.1. The van der Waals surface area contributed by atoms with Crippen LogP contribution >= 0.6 is 11.6 Å². The molecule has 76 valence electrons. The van der Waals surface area contributed by atoms with Crippen molar-refractivity contribution in [3.63, 3.8) is 0 Å².